The minimum absolute atomic E-state index is 0.0263. The van der Waals surface area contributed by atoms with Crippen LogP contribution in [0, 0.1) is 5.92 Å². The molecule has 1 aliphatic rings. The van der Waals surface area contributed by atoms with Gasteiger partial charge in [0, 0.05) is 37.1 Å². The Hall–Kier alpha value is -1.98. The number of rotatable bonds is 7. The molecule has 1 aliphatic carbocycles. The van der Waals surface area contributed by atoms with E-state index in [-0.39, 0.29) is 24.0 Å². The summed E-state index contributed by atoms with van der Waals surface area (Å²) in [7, 11) is 1.99. The van der Waals surface area contributed by atoms with Crippen LogP contribution in [0.15, 0.2) is 18.3 Å². The third kappa shape index (κ3) is 6.07. The highest BCUT2D eigenvalue weighted by Gasteiger charge is 2.34. The molecule has 1 saturated carbocycles. The van der Waals surface area contributed by atoms with Crippen molar-refractivity contribution in [3.05, 3.63) is 24.0 Å². The Balaban J connectivity index is 2.07. The number of nitrogens with one attached hydrogen (secondary N) is 1. The van der Waals surface area contributed by atoms with Gasteiger partial charge in [-0.05, 0) is 51.7 Å². The van der Waals surface area contributed by atoms with Crippen LogP contribution in [0.4, 0.5) is 4.79 Å². The Labute approximate surface area is 157 Å². The lowest BCUT2D eigenvalue weighted by atomic mass is 10.1. The van der Waals surface area contributed by atoms with E-state index in [0.717, 1.165) is 18.5 Å². The van der Waals surface area contributed by atoms with E-state index in [9.17, 15) is 9.59 Å². The van der Waals surface area contributed by atoms with Gasteiger partial charge >= 0.3 is 6.03 Å². The van der Waals surface area contributed by atoms with E-state index in [1.54, 1.807) is 4.90 Å². The van der Waals surface area contributed by atoms with E-state index in [4.69, 9.17) is 0 Å². The zero-order chi connectivity index (χ0) is 19.5. The molecule has 1 aromatic heterocycles. The maximum absolute atomic E-state index is 13.0. The predicted octanol–water partition coefficient (Wildman–Crippen LogP) is 2.98. The molecule has 0 aromatic carbocycles. The fourth-order valence-electron chi connectivity index (χ4n) is 2.96. The molecule has 26 heavy (non-hydrogen) atoms. The Morgan fingerprint density at radius 3 is 2.42 bits per heavy atom. The van der Waals surface area contributed by atoms with Crippen molar-refractivity contribution in [1.82, 2.24) is 19.7 Å². The second-order valence-electron chi connectivity index (χ2n) is 8.82. The molecule has 0 atom stereocenters. The zero-order valence-corrected chi connectivity index (χ0v) is 17.1. The molecule has 0 bridgehead atoms. The Kier molecular flexibility index (Phi) is 6.37. The monoisotopic (exact) mass is 362 g/mol. The molecular weight excluding hydrogens is 328 g/mol. The van der Waals surface area contributed by atoms with Crippen LogP contribution in [-0.2, 0) is 18.4 Å². The van der Waals surface area contributed by atoms with E-state index in [1.807, 2.05) is 55.6 Å². The summed E-state index contributed by atoms with van der Waals surface area (Å²) in [6.07, 6.45) is 4.09. The number of nitrogens with zero attached hydrogens (tertiary/aromatic N) is 3. The summed E-state index contributed by atoms with van der Waals surface area (Å²) >= 11 is 0. The molecule has 1 aromatic rings. The van der Waals surface area contributed by atoms with Crippen LogP contribution in [0.2, 0.25) is 0 Å². The molecular formula is C20H34N4O2. The predicted molar refractivity (Wildman–Crippen MR) is 104 cm³/mol. The molecule has 1 heterocycles. The number of hydrogen-bond acceptors (Lipinski definition) is 2. The average molecular weight is 363 g/mol. The standard InChI is InChI=1S/C20H34N4O2/c1-15(2)12-23(19(26)21-20(3,4)5)14-18(25)24(16-9-10-16)13-17-8-7-11-22(17)6/h7-8,11,15-16H,9-10,12-14H2,1-6H3,(H,21,26). The van der Waals surface area contributed by atoms with Crippen LogP contribution in [0.25, 0.3) is 0 Å². The molecule has 1 fully saturated rings. The highest BCUT2D eigenvalue weighted by atomic mass is 16.2. The van der Waals surface area contributed by atoms with Crippen molar-refractivity contribution in [2.24, 2.45) is 13.0 Å². The third-order valence-electron chi connectivity index (χ3n) is 4.37. The minimum atomic E-state index is -0.325. The number of aromatic nitrogens is 1. The largest absolute Gasteiger partial charge is 0.353 e. The van der Waals surface area contributed by atoms with Gasteiger partial charge in [0.2, 0.25) is 5.91 Å². The fraction of sp³-hybridized carbons (Fsp3) is 0.700. The molecule has 0 spiro atoms. The van der Waals surface area contributed by atoms with Gasteiger partial charge in [-0.1, -0.05) is 13.8 Å². The van der Waals surface area contributed by atoms with Crippen LogP contribution >= 0.6 is 0 Å². The van der Waals surface area contributed by atoms with Crippen molar-refractivity contribution in [1.29, 1.82) is 0 Å². The van der Waals surface area contributed by atoms with Crippen LogP contribution < -0.4 is 5.32 Å². The van der Waals surface area contributed by atoms with Crippen LogP contribution in [0.1, 0.15) is 53.2 Å². The first-order valence-electron chi connectivity index (χ1n) is 9.53. The van der Waals surface area contributed by atoms with E-state index in [1.165, 1.54) is 0 Å². The molecule has 1 N–H and O–H groups in total. The first-order chi connectivity index (χ1) is 12.1. The second kappa shape index (κ2) is 8.14. The molecule has 0 saturated heterocycles. The normalized spacial score (nSPS) is 14.4. The van der Waals surface area contributed by atoms with Gasteiger partial charge in [-0.25, -0.2) is 4.79 Å². The van der Waals surface area contributed by atoms with Crippen molar-refractivity contribution < 1.29 is 9.59 Å². The maximum Gasteiger partial charge on any atom is 0.318 e. The van der Waals surface area contributed by atoms with E-state index >= 15 is 0 Å². The Morgan fingerprint density at radius 2 is 1.96 bits per heavy atom. The summed E-state index contributed by atoms with van der Waals surface area (Å²) in [6, 6.07) is 4.17. The zero-order valence-electron chi connectivity index (χ0n) is 17.1. The van der Waals surface area contributed by atoms with E-state index in [2.05, 4.69) is 19.2 Å². The number of amides is 3. The van der Waals surface area contributed by atoms with Crippen LogP contribution in [0.5, 0.6) is 0 Å². The summed E-state index contributed by atoms with van der Waals surface area (Å²) in [5.41, 5.74) is 0.786. The summed E-state index contributed by atoms with van der Waals surface area (Å²) in [5, 5.41) is 2.98. The molecule has 2 rings (SSSR count). The van der Waals surface area contributed by atoms with Crippen molar-refractivity contribution in [3.63, 3.8) is 0 Å². The smallest absolute Gasteiger partial charge is 0.318 e. The Morgan fingerprint density at radius 1 is 1.31 bits per heavy atom. The maximum atomic E-state index is 13.0. The lowest BCUT2D eigenvalue weighted by Gasteiger charge is -2.31. The molecule has 3 amide bonds. The summed E-state index contributed by atoms with van der Waals surface area (Å²) in [6.45, 7) is 11.3. The summed E-state index contributed by atoms with van der Waals surface area (Å²) < 4.78 is 2.04. The van der Waals surface area contributed by atoms with Crippen molar-refractivity contribution in [2.45, 2.75) is 65.6 Å². The molecule has 6 heteroatoms. The second-order valence-corrected chi connectivity index (χ2v) is 8.82. The lowest BCUT2D eigenvalue weighted by molar-refractivity contribution is -0.133. The number of urea groups is 1. The minimum Gasteiger partial charge on any atom is -0.353 e. The quantitative estimate of drug-likeness (QED) is 0.811. The molecule has 0 unspecified atom stereocenters. The van der Waals surface area contributed by atoms with Gasteiger partial charge in [-0.15, -0.1) is 0 Å². The van der Waals surface area contributed by atoms with Gasteiger partial charge in [-0.3, -0.25) is 4.79 Å². The van der Waals surface area contributed by atoms with Crippen LogP contribution in [0.3, 0.4) is 0 Å². The number of hydrogen-bond donors (Lipinski definition) is 1. The summed E-state index contributed by atoms with van der Waals surface area (Å²) in [5.74, 6) is 0.328. The van der Waals surface area contributed by atoms with Crippen LogP contribution in [-0.4, -0.2) is 51.0 Å². The van der Waals surface area contributed by atoms with E-state index < -0.39 is 0 Å². The highest BCUT2D eigenvalue weighted by Crippen LogP contribution is 2.28. The lowest BCUT2D eigenvalue weighted by Crippen LogP contribution is -2.52. The van der Waals surface area contributed by atoms with Gasteiger partial charge in [0.05, 0.1) is 6.54 Å². The van der Waals surface area contributed by atoms with Crippen molar-refractivity contribution in [3.8, 4) is 0 Å². The van der Waals surface area contributed by atoms with Crippen molar-refractivity contribution in [2.75, 3.05) is 13.1 Å². The molecule has 0 aliphatic heterocycles. The molecule has 6 nitrogen and oxygen atoms in total. The first kappa shape index (κ1) is 20.3. The van der Waals surface area contributed by atoms with E-state index in [0.29, 0.717) is 25.0 Å². The van der Waals surface area contributed by atoms with Gasteiger partial charge in [-0.2, -0.15) is 0 Å². The number of aryl methyl sites for hydroxylation is 1. The van der Waals surface area contributed by atoms with Gasteiger partial charge < -0.3 is 19.7 Å². The first-order valence-corrected chi connectivity index (χ1v) is 9.53. The van der Waals surface area contributed by atoms with Gasteiger partial charge in [0.15, 0.2) is 0 Å². The molecule has 146 valence electrons. The van der Waals surface area contributed by atoms with Gasteiger partial charge in [0.1, 0.15) is 6.54 Å². The molecule has 0 radical (unpaired) electrons. The van der Waals surface area contributed by atoms with Crippen molar-refractivity contribution >= 4 is 11.9 Å². The SMILES string of the molecule is CC(C)CN(CC(=O)N(Cc1cccn1C)C1CC1)C(=O)NC(C)(C)C. The Bertz CT molecular complexity index is 626. The highest BCUT2D eigenvalue weighted by molar-refractivity contribution is 5.84. The summed E-state index contributed by atoms with van der Waals surface area (Å²) in [4.78, 5) is 29.3. The number of carbonyl (C=O) groups excluding carboxylic acids is 2. The fourth-order valence-corrected chi connectivity index (χ4v) is 2.96. The average Bonchev–Trinajstić information content (AvgIpc) is 3.25. The van der Waals surface area contributed by atoms with Gasteiger partial charge in [0.25, 0.3) is 0 Å². The number of carbonyl (C=O) groups is 2. The topological polar surface area (TPSA) is 57.6 Å². The third-order valence-corrected chi connectivity index (χ3v) is 4.37.